The van der Waals surface area contributed by atoms with E-state index in [1.807, 2.05) is 31.2 Å². The number of halogens is 1. The van der Waals surface area contributed by atoms with Gasteiger partial charge >= 0.3 is 0 Å². The fourth-order valence-corrected chi connectivity index (χ4v) is 1.88. The van der Waals surface area contributed by atoms with Crippen LogP contribution < -0.4 is 0 Å². The zero-order chi connectivity index (χ0) is 11.0. The molecule has 0 bridgehead atoms. The van der Waals surface area contributed by atoms with Gasteiger partial charge in [0.15, 0.2) is 0 Å². The summed E-state index contributed by atoms with van der Waals surface area (Å²) in [4.78, 5) is 4.38. The molecule has 0 radical (unpaired) electrons. The van der Waals surface area contributed by atoms with Crippen LogP contribution in [-0.2, 0) is 0 Å². The Morgan fingerprint density at radius 3 is 2.73 bits per heavy atom. The summed E-state index contributed by atoms with van der Waals surface area (Å²) in [6, 6.07) is 7.43. The Morgan fingerprint density at radius 1 is 1.33 bits per heavy atom. The lowest BCUT2D eigenvalue weighted by molar-refractivity contribution is 0.200. The normalized spacial score (nSPS) is 13.1. The molecule has 0 amide bonds. The van der Waals surface area contributed by atoms with E-state index in [-0.39, 0.29) is 0 Å². The maximum Gasteiger partial charge on any atom is 0.0769 e. The molecule has 0 fully saturated rings. The van der Waals surface area contributed by atoms with Crippen LogP contribution in [0.3, 0.4) is 0 Å². The van der Waals surface area contributed by atoms with Gasteiger partial charge in [-0.15, -0.1) is 0 Å². The van der Waals surface area contributed by atoms with Gasteiger partial charge in [-0.3, -0.25) is 4.98 Å². The van der Waals surface area contributed by atoms with Crippen LogP contribution in [0.2, 0.25) is 5.02 Å². The molecular formula is C12H12ClNO. The van der Waals surface area contributed by atoms with Crippen molar-refractivity contribution in [3.63, 3.8) is 0 Å². The number of rotatable bonds is 1. The first-order valence-corrected chi connectivity index (χ1v) is 5.20. The van der Waals surface area contributed by atoms with Gasteiger partial charge in [-0.25, -0.2) is 0 Å². The molecular weight excluding hydrogens is 210 g/mol. The molecule has 78 valence electrons. The number of hydrogen-bond donors (Lipinski definition) is 1. The molecule has 1 unspecified atom stereocenters. The van der Waals surface area contributed by atoms with E-state index in [1.165, 1.54) is 0 Å². The Morgan fingerprint density at radius 2 is 2.07 bits per heavy atom. The number of hydrogen-bond acceptors (Lipinski definition) is 2. The Bertz CT molecular complexity index is 503. The molecule has 2 rings (SSSR count). The third kappa shape index (κ3) is 1.96. The third-order valence-corrected chi connectivity index (χ3v) is 2.62. The van der Waals surface area contributed by atoms with E-state index in [4.69, 9.17) is 11.6 Å². The molecule has 2 aromatic rings. The second kappa shape index (κ2) is 3.80. The summed E-state index contributed by atoms with van der Waals surface area (Å²) >= 11 is 5.90. The van der Waals surface area contributed by atoms with Gasteiger partial charge < -0.3 is 5.11 Å². The van der Waals surface area contributed by atoms with E-state index in [0.717, 1.165) is 22.2 Å². The predicted octanol–water partition coefficient (Wildman–Crippen LogP) is 3.25. The molecule has 1 heterocycles. The molecule has 0 aliphatic heterocycles. The fourth-order valence-electron chi connectivity index (χ4n) is 1.71. The number of aromatic nitrogens is 1. The molecule has 0 saturated heterocycles. The minimum Gasteiger partial charge on any atom is -0.389 e. The van der Waals surface area contributed by atoms with E-state index in [0.29, 0.717) is 5.02 Å². The van der Waals surface area contributed by atoms with E-state index >= 15 is 0 Å². The van der Waals surface area contributed by atoms with Crippen LogP contribution in [0.25, 0.3) is 10.9 Å². The zero-order valence-electron chi connectivity index (χ0n) is 8.66. The van der Waals surface area contributed by atoms with Crippen LogP contribution >= 0.6 is 11.6 Å². The second-order valence-electron chi connectivity index (χ2n) is 3.69. The minimum absolute atomic E-state index is 0.490. The number of aliphatic hydroxyl groups excluding tert-OH is 1. The number of aliphatic hydroxyl groups is 1. The molecule has 3 heteroatoms. The van der Waals surface area contributed by atoms with E-state index in [2.05, 4.69) is 4.98 Å². The fraction of sp³-hybridized carbons (Fsp3) is 0.250. The third-order valence-electron chi connectivity index (χ3n) is 2.38. The summed E-state index contributed by atoms with van der Waals surface area (Å²) in [5.74, 6) is 0. The predicted molar refractivity (Wildman–Crippen MR) is 62.1 cm³/mol. The average molecular weight is 222 g/mol. The van der Waals surface area contributed by atoms with Crippen LogP contribution in [0.4, 0.5) is 0 Å². The molecule has 1 aromatic carbocycles. The average Bonchev–Trinajstić information content (AvgIpc) is 2.15. The first kappa shape index (κ1) is 10.4. The summed E-state index contributed by atoms with van der Waals surface area (Å²) in [7, 11) is 0. The van der Waals surface area contributed by atoms with Crippen molar-refractivity contribution in [1.82, 2.24) is 4.98 Å². The monoisotopic (exact) mass is 221 g/mol. The van der Waals surface area contributed by atoms with Crippen LogP contribution in [0, 0.1) is 6.92 Å². The number of benzene rings is 1. The van der Waals surface area contributed by atoms with Crippen molar-refractivity contribution in [2.24, 2.45) is 0 Å². The number of nitrogens with zero attached hydrogens (tertiary/aromatic N) is 1. The molecule has 15 heavy (non-hydrogen) atoms. The quantitative estimate of drug-likeness (QED) is 0.802. The lowest BCUT2D eigenvalue weighted by Crippen LogP contribution is -1.96. The van der Waals surface area contributed by atoms with Gasteiger partial charge in [0.1, 0.15) is 0 Å². The number of pyridine rings is 1. The van der Waals surface area contributed by atoms with Crippen molar-refractivity contribution >= 4 is 22.5 Å². The van der Waals surface area contributed by atoms with Gasteiger partial charge in [0.25, 0.3) is 0 Å². The van der Waals surface area contributed by atoms with Crippen LogP contribution in [-0.4, -0.2) is 10.1 Å². The summed E-state index contributed by atoms with van der Waals surface area (Å²) < 4.78 is 0. The highest BCUT2D eigenvalue weighted by Gasteiger charge is 2.08. The SMILES string of the molecule is Cc1cc(C(C)O)c2ccc(Cl)cc2n1. The van der Waals surface area contributed by atoms with E-state index < -0.39 is 6.10 Å². The maximum absolute atomic E-state index is 9.65. The standard InChI is InChI=1S/C12H12ClNO/c1-7-5-11(8(2)15)10-4-3-9(13)6-12(10)14-7/h3-6,8,15H,1-2H3. The Labute approximate surface area is 93.5 Å². The van der Waals surface area contributed by atoms with Gasteiger partial charge in [0.2, 0.25) is 0 Å². The lowest BCUT2D eigenvalue weighted by Gasteiger charge is -2.10. The number of fused-ring (bicyclic) bond motifs is 1. The Hall–Kier alpha value is -1.12. The molecule has 1 N–H and O–H groups in total. The second-order valence-corrected chi connectivity index (χ2v) is 4.13. The molecule has 1 atom stereocenters. The summed E-state index contributed by atoms with van der Waals surface area (Å²) in [6.45, 7) is 3.66. The molecule has 0 saturated carbocycles. The highest BCUT2D eigenvalue weighted by Crippen LogP contribution is 2.26. The van der Waals surface area contributed by atoms with Gasteiger partial charge in [0.05, 0.1) is 11.6 Å². The Kier molecular flexibility index (Phi) is 2.63. The lowest BCUT2D eigenvalue weighted by atomic mass is 10.0. The van der Waals surface area contributed by atoms with Crippen molar-refractivity contribution in [3.8, 4) is 0 Å². The smallest absolute Gasteiger partial charge is 0.0769 e. The highest BCUT2D eigenvalue weighted by atomic mass is 35.5. The first-order valence-electron chi connectivity index (χ1n) is 4.83. The van der Waals surface area contributed by atoms with Gasteiger partial charge in [-0.1, -0.05) is 17.7 Å². The van der Waals surface area contributed by atoms with Gasteiger partial charge in [-0.2, -0.15) is 0 Å². The molecule has 0 aliphatic rings. The van der Waals surface area contributed by atoms with Crippen molar-refractivity contribution < 1.29 is 5.11 Å². The maximum atomic E-state index is 9.65. The number of aryl methyl sites for hydroxylation is 1. The van der Waals surface area contributed by atoms with E-state index in [1.54, 1.807) is 6.92 Å². The minimum atomic E-state index is -0.490. The van der Waals surface area contributed by atoms with Crippen molar-refractivity contribution in [3.05, 3.63) is 40.5 Å². The van der Waals surface area contributed by atoms with Crippen molar-refractivity contribution in [2.75, 3.05) is 0 Å². The van der Waals surface area contributed by atoms with Crippen LogP contribution in [0.1, 0.15) is 24.3 Å². The van der Waals surface area contributed by atoms with Gasteiger partial charge in [-0.05, 0) is 37.6 Å². The van der Waals surface area contributed by atoms with Crippen molar-refractivity contribution in [1.29, 1.82) is 0 Å². The van der Waals surface area contributed by atoms with Crippen LogP contribution in [0.5, 0.6) is 0 Å². The van der Waals surface area contributed by atoms with E-state index in [9.17, 15) is 5.11 Å². The molecule has 0 aliphatic carbocycles. The van der Waals surface area contributed by atoms with Gasteiger partial charge in [0, 0.05) is 16.1 Å². The van der Waals surface area contributed by atoms with Crippen LogP contribution in [0.15, 0.2) is 24.3 Å². The summed E-state index contributed by atoms with van der Waals surface area (Å²) in [6.07, 6.45) is -0.490. The highest BCUT2D eigenvalue weighted by molar-refractivity contribution is 6.31. The first-order chi connectivity index (χ1) is 7.08. The molecule has 1 aromatic heterocycles. The largest absolute Gasteiger partial charge is 0.389 e. The topological polar surface area (TPSA) is 33.1 Å². The van der Waals surface area contributed by atoms with Crippen molar-refractivity contribution in [2.45, 2.75) is 20.0 Å². The summed E-state index contributed by atoms with van der Waals surface area (Å²) in [5, 5.41) is 11.3. The summed E-state index contributed by atoms with van der Waals surface area (Å²) in [5.41, 5.74) is 2.62. The molecule has 2 nitrogen and oxygen atoms in total. The Balaban J connectivity index is 2.80. The molecule has 0 spiro atoms. The zero-order valence-corrected chi connectivity index (χ0v) is 9.42.